The highest BCUT2D eigenvalue weighted by atomic mass is 16.4. The molecule has 0 aliphatic heterocycles. The molecule has 1 heterocycles. The Morgan fingerprint density at radius 3 is 2.93 bits per heavy atom. The first-order valence-electron chi connectivity index (χ1n) is 4.98. The van der Waals surface area contributed by atoms with Gasteiger partial charge in [-0.2, -0.15) is 0 Å². The van der Waals surface area contributed by atoms with E-state index in [1.807, 2.05) is 18.2 Å². The Bertz CT molecular complexity index is 562. The zero-order valence-corrected chi connectivity index (χ0v) is 8.12. The first kappa shape index (κ1) is 8.73. The minimum absolute atomic E-state index is 0.0793. The molecule has 15 heavy (non-hydrogen) atoms. The summed E-state index contributed by atoms with van der Waals surface area (Å²) in [7, 11) is 0. The van der Waals surface area contributed by atoms with Gasteiger partial charge in [0.25, 0.3) is 0 Å². The van der Waals surface area contributed by atoms with E-state index in [-0.39, 0.29) is 12.0 Å². The van der Waals surface area contributed by atoms with Crippen LogP contribution in [0.5, 0.6) is 0 Å². The summed E-state index contributed by atoms with van der Waals surface area (Å²) in [4.78, 5) is 13.6. The molecule has 0 radical (unpaired) electrons. The lowest BCUT2D eigenvalue weighted by atomic mass is 9.97. The molecular weight excluding hydrogens is 194 g/mol. The van der Waals surface area contributed by atoms with E-state index < -0.39 is 5.76 Å². The number of aromatic nitrogens is 1. The Hall–Kier alpha value is -1.55. The van der Waals surface area contributed by atoms with Crippen LogP contribution in [0.25, 0.3) is 11.1 Å². The smallest absolute Gasteiger partial charge is 0.408 e. The Balaban J connectivity index is 2.17. The van der Waals surface area contributed by atoms with Crippen molar-refractivity contribution in [3.05, 3.63) is 34.3 Å². The van der Waals surface area contributed by atoms with E-state index in [1.54, 1.807) is 0 Å². The summed E-state index contributed by atoms with van der Waals surface area (Å²) in [5.41, 5.74) is 2.25. The fourth-order valence-corrected chi connectivity index (χ4v) is 1.96. The summed E-state index contributed by atoms with van der Waals surface area (Å²) in [6.45, 7) is 0.160. The van der Waals surface area contributed by atoms with Crippen LogP contribution in [0.15, 0.2) is 27.4 Å². The maximum atomic E-state index is 11.0. The lowest BCUT2D eigenvalue weighted by Crippen LogP contribution is -2.11. The largest absolute Gasteiger partial charge is 0.417 e. The molecular formula is C11H11NO3. The van der Waals surface area contributed by atoms with Crippen LogP contribution in [0.3, 0.4) is 0 Å². The van der Waals surface area contributed by atoms with Gasteiger partial charge in [-0.15, -0.1) is 0 Å². The highest BCUT2D eigenvalue weighted by Crippen LogP contribution is 2.47. The summed E-state index contributed by atoms with van der Waals surface area (Å²) in [5.74, 6) is -0.434. The van der Waals surface area contributed by atoms with E-state index in [2.05, 4.69) is 4.98 Å². The summed E-state index contributed by atoms with van der Waals surface area (Å²) in [5, 5.41) is 9.29. The third kappa shape index (κ3) is 1.22. The number of oxazole rings is 1. The van der Waals surface area contributed by atoms with Crippen molar-refractivity contribution in [1.29, 1.82) is 0 Å². The molecule has 4 nitrogen and oxygen atoms in total. The lowest BCUT2D eigenvalue weighted by Gasteiger charge is -2.10. The molecule has 0 saturated heterocycles. The van der Waals surface area contributed by atoms with Crippen LogP contribution in [-0.2, 0) is 5.41 Å². The molecule has 2 N–H and O–H groups in total. The standard InChI is InChI=1S/C11H11NO3/c13-6-11(3-4-11)7-1-2-8-9(5-7)15-10(14)12-8/h1-2,5,13H,3-4,6H2,(H,12,14). The van der Waals surface area contributed by atoms with Crippen molar-refractivity contribution in [3.63, 3.8) is 0 Å². The van der Waals surface area contributed by atoms with Gasteiger partial charge in [0, 0.05) is 5.41 Å². The van der Waals surface area contributed by atoms with Gasteiger partial charge in [0.2, 0.25) is 0 Å². The predicted octanol–water partition coefficient (Wildman–Crippen LogP) is 1.15. The van der Waals surface area contributed by atoms with E-state index in [9.17, 15) is 9.90 Å². The van der Waals surface area contributed by atoms with E-state index in [4.69, 9.17) is 4.42 Å². The van der Waals surface area contributed by atoms with E-state index >= 15 is 0 Å². The first-order valence-corrected chi connectivity index (χ1v) is 4.98. The summed E-state index contributed by atoms with van der Waals surface area (Å²) >= 11 is 0. The quantitative estimate of drug-likeness (QED) is 0.772. The maximum Gasteiger partial charge on any atom is 0.417 e. The molecule has 0 spiro atoms. The van der Waals surface area contributed by atoms with Crippen LogP contribution in [0, 0.1) is 0 Å². The predicted molar refractivity (Wildman–Crippen MR) is 54.8 cm³/mol. The fraction of sp³-hybridized carbons (Fsp3) is 0.364. The molecule has 1 aliphatic carbocycles. The number of rotatable bonds is 2. The maximum absolute atomic E-state index is 11.0. The van der Waals surface area contributed by atoms with Crippen molar-refractivity contribution in [1.82, 2.24) is 4.98 Å². The van der Waals surface area contributed by atoms with Gasteiger partial charge in [-0.1, -0.05) is 6.07 Å². The van der Waals surface area contributed by atoms with Crippen LogP contribution in [-0.4, -0.2) is 16.7 Å². The van der Waals surface area contributed by atoms with Gasteiger partial charge in [-0.25, -0.2) is 4.79 Å². The molecule has 78 valence electrons. The van der Waals surface area contributed by atoms with Crippen LogP contribution in [0.2, 0.25) is 0 Å². The van der Waals surface area contributed by atoms with Gasteiger partial charge in [0.1, 0.15) is 0 Å². The lowest BCUT2D eigenvalue weighted by molar-refractivity contribution is 0.255. The van der Waals surface area contributed by atoms with Crippen molar-refractivity contribution in [3.8, 4) is 0 Å². The first-order chi connectivity index (χ1) is 7.23. The normalized spacial score (nSPS) is 18.2. The van der Waals surface area contributed by atoms with Crippen LogP contribution < -0.4 is 5.76 Å². The molecule has 1 saturated carbocycles. The van der Waals surface area contributed by atoms with E-state index in [0.29, 0.717) is 11.1 Å². The molecule has 4 heteroatoms. The number of aliphatic hydroxyl groups is 1. The third-order valence-corrected chi connectivity index (χ3v) is 3.19. The number of H-pyrrole nitrogens is 1. The minimum atomic E-state index is -0.434. The zero-order valence-electron chi connectivity index (χ0n) is 8.12. The van der Waals surface area contributed by atoms with Gasteiger partial charge in [0.05, 0.1) is 12.1 Å². The van der Waals surface area contributed by atoms with Gasteiger partial charge in [0.15, 0.2) is 5.58 Å². The van der Waals surface area contributed by atoms with Crippen LogP contribution >= 0.6 is 0 Å². The molecule has 0 unspecified atom stereocenters. The molecule has 1 aromatic carbocycles. The molecule has 3 rings (SSSR count). The van der Waals surface area contributed by atoms with Crippen molar-refractivity contribution in [2.75, 3.05) is 6.61 Å². The highest BCUT2D eigenvalue weighted by Gasteiger charge is 2.43. The molecule has 1 aromatic heterocycles. The summed E-state index contributed by atoms with van der Waals surface area (Å²) < 4.78 is 4.98. The second-order valence-corrected chi connectivity index (χ2v) is 4.16. The zero-order chi connectivity index (χ0) is 10.5. The van der Waals surface area contributed by atoms with Crippen LogP contribution in [0.4, 0.5) is 0 Å². The SMILES string of the molecule is O=c1[nH]c2ccc(C3(CO)CC3)cc2o1. The Morgan fingerprint density at radius 2 is 2.27 bits per heavy atom. The molecule has 0 amide bonds. The van der Waals surface area contributed by atoms with Gasteiger partial charge < -0.3 is 9.52 Å². The number of aliphatic hydroxyl groups excluding tert-OH is 1. The number of nitrogens with one attached hydrogen (secondary N) is 1. The fourth-order valence-electron chi connectivity index (χ4n) is 1.96. The van der Waals surface area contributed by atoms with Crippen molar-refractivity contribution in [2.24, 2.45) is 0 Å². The summed E-state index contributed by atoms with van der Waals surface area (Å²) in [6.07, 6.45) is 2.01. The molecule has 2 aromatic rings. The Morgan fingerprint density at radius 1 is 1.47 bits per heavy atom. The van der Waals surface area contributed by atoms with Crippen LogP contribution in [0.1, 0.15) is 18.4 Å². The topological polar surface area (TPSA) is 66.2 Å². The average Bonchev–Trinajstić information content (AvgIpc) is 2.94. The number of hydrogen-bond acceptors (Lipinski definition) is 3. The van der Waals surface area contributed by atoms with E-state index in [0.717, 1.165) is 18.4 Å². The monoisotopic (exact) mass is 205 g/mol. The van der Waals surface area contributed by atoms with Crippen molar-refractivity contribution < 1.29 is 9.52 Å². The number of aromatic amines is 1. The van der Waals surface area contributed by atoms with Crippen molar-refractivity contribution in [2.45, 2.75) is 18.3 Å². The van der Waals surface area contributed by atoms with Gasteiger partial charge >= 0.3 is 5.76 Å². The van der Waals surface area contributed by atoms with E-state index in [1.165, 1.54) is 0 Å². The molecule has 1 aliphatic rings. The molecule has 0 atom stereocenters. The molecule has 0 bridgehead atoms. The average molecular weight is 205 g/mol. The summed E-state index contributed by atoms with van der Waals surface area (Å²) in [6, 6.07) is 5.61. The third-order valence-electron chi connectivity index (χ3n) is 3.19. The van der Waals surface area contributed by atoms with Gasteiger partial charge in [-0.3, -0.25) is 4.98 Å². The van der Waals surface area contributed by atoms with Gasteiger partial charge in [-0.05, 0) is 30.5 Å². The second kappa shape index (κ2) is 2.73. The number of hydrogen-bond donors (Lipinski definition) is 2. The van der Waals surface area contributed by atoms with Crippen molar-refractivity contribution >= 4 is 11.1 Å². The second-order valence-electron chi connectivity index (χ2n) is 4.16. The minimum Gasteiger partial charge on any atom is -0.408 e. The Labute approximate surface area is 85.5 Å². The number of fused-ring (bicyclic) bond motifs is 1. The number of benzene rings is 1. The highest BCUT2D eigenvalue weighted by molar-refractivity contribution is 5.73. The Kier molecular flexibility index (Phi) is 1.59. The molecule has 1 fully saturated rings.